The maximum Gasteiger partial charge on any atom is 0.519 e. The molecule has 6 atom stereocenters. The van der Waals surface area contributed by atoms with Gasteiger partial charge < -0.3 is 86.7 Å². The van der Waals surface area contributed by atoms with Crippen molar-refractivity contribution in [1.29, 1.82) is 0 Å². The normalized spacial score (nSPS) is 12.1. The number of nitrogens with one attached hydrogen (secondary N) is 6. The standard InChI is InChI=1S/C43H60N6O13.C36H57N5O9.C13H8N2O7.CH3F.2CH4/c1-27(2)32(25-36(51)34(21-22-39(54)62-43(3,4)5)46-37(52)11-8-12-38(53)48(6)7)40(55)47-33(10-9-23-45-41(44)56)35(50)24-28-13-15-29(16-14-28)26-60-42(57)61-31-19-17-30(18-20-31)49(58)59;1-23(2)26(34(48)40-27(10-9-19-38-35(37)49)29(43)20-24-13-15-25(22-42)16-14-24)21-30(44)28(17-18-33(47)50-36(3,4)5)39-31(45)11-8-12-32(46)41(6)7;16-13(21-11-5-1-9(2-6-11)14(17)18)22-12-7-3-10(4-8-12)15(19)20;1-2;;/h13-20,27,32-34H,8-12,21-26H2,1-7H3,(H,46,52)(H,47,55)(H3,44,45,56);13-16,23,26-28,42H,8-12,17-22H2,1-7H3,(H,39,45)(H,40,48)(H3,37,38,49);1-8H;1H3;2*1H4/t32-,33-,34-;26-,27-,28-;;;;/m00..../s1/i;;;1D;;. The zero-order valence-corrected chi connectivity index (χ0v) is 79.1. The first-order valence-corrected chi connectivity index (χ1v) is 43.5. The molecule has 0 aliphatic carbocycles. The highest BCUT2D eigenvalue weighted by atomic mass is 19.1. The van der Waals surface area contributed by atoms with Crippen molar-refractivity contribution in [3.63, 3.8) is 0 Å². The van der Waals surface area contributed by atoms with Gasteiger partial charge >= 0.3 is 36.3 Å². The molecule has 43 heteroatoms. The molecule has 762 valence electrons. The van der Waals surface area contributed by atoms with E-state index >= 15 is 0 Å². The highest BCUT2D eigenvalue weighted by Crippen LogP contribution is 2.27. The number of nitro groups is 3. The Bertz CT molecular complexity index is 4780. The zero-order chi connectivity index (χ0) is 103. The lowest BCUT2D eigenvalue weighted by atomic mass is 9.86. The van der Waals surface area contributed by atoms with Crippen LogP contribution in [-0.4, -0.2) is 208 Å². The van der Waals surface area contributed by atoms with Crippen LogP contribution >= 0.6 is 0 Å². The topological polar surface area (TPSA) is 609 Å². The van der Waals surface area contributed by atoms with Crippen molar-refractivity contribution < 1.29 is 131 Å². The van der Waals surface area contributed by atoms with Crippen LogP contribution in [0.4, 0.5) is 40.6 Å². The van der Waals surface area contributed by atoms with Gasteiger partial charge in [0.2, 0.25) is 35.4 Å². The Hall–Kier alpha value is -14.3. The molecule has 5 aromatic rings. The number of aliphatic hydroxyl groups is 1. The molecule has 5 rings (SSSR count). The monoisotopic (exact) mass is 1940 g/mol. The second-order valence-corrected chi connectivity index (χ2v) is 34.2. The number of nitrogens with two attached hydrogens (primary N) is 2. The number of alkyl halides is 1. The number of esters is 2. The largest absolute Gasteiger partial charge is 0.519 e. The third-order valence-electron chi connectivity index (χ3n) is 19.7. The van der Waals surface area contributed by atoms with Crippen LogP contribution in [0.5, 0.6) is 17.2 Å². The number of carbonyl (C=O) groups is 16. The summed E-state index contributed by atoms with van der Waals surface area (Å²) in [4.78, 5) is 236. The fourth-order valence-corrected chi connectivity index (χ4v) is 12.5. The van der Waals surface area contributed by atoms with Crippen LogP contribution in [0.2, 0.25) is 0 Å². The molecule has 0 aliphatic heterocycles. The number of amides is 10. The maximum atomic E-state index is 13.9. The molecule has 0 bridgehead atoms. The van der Waals surface area contributed by atoms with E-state index in [9.17, 15) is 117 Å². The molecule has 0 radical (unpaired) electrons. The molecule has 0 saturated carbocycles. The van der Waals surface area contributed by atoms with Crippen LogP contribution < -0.4 is 57.6 Å². The molecule has 0 unspecified atom stereocenters. The summed E-state index contributed by atoms with van der Waals surface area (Å²) in [6.07, 6.45) is -1.62. The summed E-state index contributed by atoms with van der Waals surface area (Å²) in [6.45, 7) is 17.3. The molecule has 0 fully saturated rings. The molecule has 10 amide bonds. The number of hydrogen-bond donors (Lipinski definition) is 9. The van der Waals surface area contributed by atoms with Crippen LogP contribution in [0.3, 0.4) is 0 Å². The summed E-state index contributed by atoms with van der Waals surface area (Å²) in [5.74, 6) is -7.44. The number of ketones is 4. The van der Waals surface area contributed by atoms with E-state index in [2.05, 4.69) is 31.9 Å². The van der Waals surface area contributed by atoms with Crippen molar-refractivity contribution in [1.82, 2.24) is 41.7 Å². The van der Waals surface area contributed by atoms with Gasteiger partial charge in [-0.2, -0.15) is 0 Å². The Balaban J connectivity index is 0.00000220. The number of primary amides is 2. The number of rotatable bonds is 51. The predicted octanol–water partition coefficient (Wildman–Crippen LogP) is 11.7. The SMILES string of the molecule is C.C.CC(C)[C@H](CC(=O)[C@H](CCC(=O)OC(C)(C)C)NC(=O)CCCC(=O)N(C)C)C(=O)N[C@@H](CCCNC(N)=O)C(=O)Cc1ccc(CO)cc1.CC(C)[C@H](CC(=O)[C@H](CCC(=O)OC(C)(C)C)NC(=O)CCCC(=O)N(C)C)C(=O)N[C@@H](CCCNC(N)=O)C(=O)Cc1ccc(COC(=O)Oc2ccc([N+](=O)[O-])cc2)cc1.O=C(Oc1ccc([N+](=O)[O-])cc1)Oc1ccc([N+](=O)[O-])cc1.[2H]CF. The number of aliphatic hydroxyl groups excluding tert-OH is 1. The maximum absolute atomic E-state index is 13.9. The first-order valence-electron chi connectivity index (χ1n) is 44.2. The Morgan fingerprint density at radius 2 is 0.725 bits per heavy atom. The van der Waals surface area contributed by atoms with E-state index in [0.29, 0.717) is 28.7 Å². The van der Waals surface area contributed by atoms with E-state index in [-0.39, 0.29) is 214 Å². The van der Waals surface area contributed by atoms with Gasteiger partial charge in [0.1, 0.15) is 35.1 Å². The second kappa shape index (κ2) is 63.9. The Morgan fingerprint density at radius 3 is 1.01 bits per heavy atom. The first-order chi connectivity index (χ1) is 64.2. The first kappa shape index (κ1) is 122. The van der Waals surface area contributed by atoms with Crippen LogP contribution in [-0.2, 0) is 97.8 Å². The molecule has 5 aromatic carbocycles. The lowest BCUT2D eigenvalue weighted by molar-refractivity contribution is -0.385. The smallest absolute Gasteiger partial charge is 0.460 e. The van der Waals surface area contributed by atoms with Gasteiger partial charge in [0.15, 0.2) is 23.1 Å². The molecule has 0 aromatic heterocycles. The minimum absolute atomic E-state index is 0. The van der Waals surface area contributed by atoms with Crippen molar-refractivity contribution in [2.45, 2.75) is 248 Å². The molecule has 0 spiro atoms. The van der Waals surface area contributed by atoms with Gasteiger partial charge in [-0.05, 0) is 163 Å². The van der Waals surface area contributed by atoms with E-state index in [4.69, 9.17) is 41.3 Å². The van der Waals surface area contributed by atoms with Gasteiger partial charge in [0, 0.05) is 154 Å². The van der Waals surface area contributed by atoms with E-state index in [0.717, 1.165) is 0 Å². The van der Waals surface area contributed by atoms with Crippen LogP contribution in [0, 0.1) is 54.0 Å². The molecule has 11 N–H and O–H groups in total. The molecule has 138 heavy (non-hydrogen) atoms. The number of ether oxygens (including phenoxy) is 6. The Labute approximate surface area is 803 Å². The second-order valence-electron chi connectivity index (χ2n) is 34.2. The Morgan fingerprint density at radius 1 is 0.428 bits per heavy atom. The summed E-state index contributed by atoms with van der Waals surface area (Å²) in [5.41, 5.74) is 10.9. The van der Waals surface area contributed by atoms with Gasteiger partial charge in [-0.25, -0.2) is 19.2 Å². The summed E-state index contributed by atoms with van der Waals surface area (Å²) in [5, 5.41) is 57.0. The van der Waals surface area contributed by atoms with Crippen molar-refractivity contribution >= 4 is 112 Å². The van der Waals surface area contributed by atoms with Crippen LogP contribution in [0.1, 0.15) is 210 Å². The molecule has 42 nitrogen and oxygen atoms in total. The lowest BCUT2D eigenvalue weighted by Gasteiger charge is -2.26. The highest BCUT2D eigenvalue weighted by molar-refractivity contribution is 5.97. The molecule has 0 heterocycles. The van der Waals surface area contributed by atoms with Crippen molar-refractivity contribution in [3.05, 3.63) is 174 Å². The van der Waals surface area contributed by atoms with E-state index in [1.165, 1.54) is 82.6 Å². The average molecular weight is 1940 g/mol. The third kappa shape index (κ3) is 52.0. The summed E-state index contributed by atoms with van der Waals surface area (Å²) < 4.78 is 46.1. The lowest BCUT2D eigenvalue weighted by Crippen LogP contribution is -2.48. The van der Waals surface area contributed by atoms with E-state index in [1.54, 1.807) is 146 Å². The number of benzene rings is 5. The number of Topliss-reactive ketones (excluding diaryl/α,β-unsaturated/α-hetero) is 4. The van der Waals surface area contributed by atoms with Gasteiger partial charge in [-0.1, -0.05) is 91.1 Å². The minimum atomic E-state index is -1.14. The van der Waals surface area contributed by atoms with E-state index < -0.39 is 147 Å². The van der Waals surface area contributed by atoms with Gasteiger partial charge in [-0.3, -0.25) is 92.3 Å². The van der Waals surface area contributed by atoms with Crippen molar-refractivity contribution in [3.8, 4) is 17.2 Å². The van der Waals surface area contributed by atoms with Crippen molar-refractivity contribution in [2.75, 3.05) is 48.4 Å². The van der Waals surface area contributed by atoms with Gasteiger partial charge in [-0.15, -0.1) is 0 Å². The quantitative estimate of drug-likeness (QED) is 0.00436. The minimum Gasteiger partial charge on any atom is -0.460 e. The van der Waals surface area contributed by atoms with Crippen molar-refractivity contribution in [2.24, 2.45) is 35.1 Å². The summed E-state index contributed by atoms with van der Waals surface area (Å²) >= 11 is 0. The number of nitro benzene ring substituents is 3. The number of non-ortho nitro benzene ring substituents is 3. The van der Waals surface area contributed by atoms with Gasteiger partial charge in [0.25, 0.3) is 17.1 Å². The summed E-state index contributed by atoms with van der Waals surface area (Å²) in [7, 11) is 5.44. The van der Waals surface area contributed by atoms with Gasteiger partial charge in [0.05, 0.1) is 54.1 Å². The van der Waals surface area contributed by atoms with Crippen LogP contribution in [0.25, 0.3) is 0 Å². The molecular formula is C95H136FN13O29. The van der Waals surface area contributed by atoms with E-state index in [1.807, 2.05) is 0 Å². The summed E-state index contributed by atoms with van der Waals surface area (Å²) in [6, 6.07) is 22.3. The Kier molecular flexibility index (Phi) is 56.3. The number of nitrogens with zero attached hydrogens (tertiary/aromatic N) is 5. The fraction of sp³-hybridized carbons (Fsp3) is 0.516. The number of carbonyl (C=O) groups excluding carboxylic acids is 16. The number of hydrogen-bond acceptors (Lipinski definition) is 29. The molecule has 0 saturated heterocycles. The third-order valence-corrected chi connectivity index (χ3v) is 19.7. The fourth-order valence-electron chi connectivity index (χ4n) is 12.5. The zero-order valence-electron chi connectivity index (χ0n) is 80.1. The molecular weight excluding hydrogens is 1810 g/mol. The number of urea groups is 2. The predicted molar refractivity (Wildman–Crippen MR) is 506 cm³/mol. The highest BCUT2D eigenvalue weighted by Gasteiger charge is 2.36. The average Bonchev–Trinajstić information content (AvgIpc) is 0.850. The molecule has 0 aliphatic rings. The number of halogens is 1. The van der Waals surface area contributed by atoms with Crippen LogP contribution in [0.15, 0.2) is 121 Å².